The van der Waals surface area contributed by atoms with Crippen LogP contribution in [-0.2, 0) is 0 Å². The lowest BCUT2D eigenvalue weighted by Crippen LogP contribution is -2.39. The first-order chi connectivity index (χ1) is 13.9. The minimum atomic E-state index is -0.0803. The number of nitrogens with zero attached hydrogens (tertiary/aromatic N) is 1. The minimum absolute atomic E-state index is 0.0298. The van der Waals surface area contributed by atoms with Gasteiger partial charge in [0.2, 0.25) is 0 Å². The quantitative estimate of drug-likeness (QED) is 0.761. The Labute approximate surface area is 177 Å². The summed E-state index contributed by atoms with van der Waals surface area (Å²) in [5.41, 5.74) is 1.26. The van der Waals surface area contributed by atoms with Crippen molar-refractivity contribution >= 4 is 23.4 Å². The third kappa shape index (κ3) is 5.97. The number of likely N-dealkylation sites (tertiary alicyclic amines) is 1. The van der Waals surface area contributed by atoms with Crippen LogP contribution in [0.25, 0.3) is 0 Å². The van der Waals surface area contributed by atoms with Crippen LogP contribution in [0, 0.1) is 5.92 Å². The Kier molecular flexibility index (Phi) is 7.15. The van der Waals surface area contributed by atoms with Gasteiger partial charge < -0.3 is 15.0 Å². The predicted molar refractivity (Wildman–Crippen MR) is 115 cm³/mol. The van der Waals surface area contributed by atoms with Gasteiger partial charge in [0.05, 0.1) is 6.61 Å². The van der Waals surface area contributed by atoms with E-state index in [1.807, 2.05) is 30.9 Å². The van der Waals surface area contributed by atoms with Crippen LogP contribution in [0.3, 0.4) is 0 Å². The van der Waals surface area contributed by atoms with E-state index in [0.717, 1.165) is 18.6 Å². The third-order valence-electron chi connectivity index (χ3n) is 5.00. The van der Waals surface area contributed by atoms with Crippen LogP contribution < -0.4 is 10.1 Å². The number of piperidine rings is 1. The Bertz CT molecular complexity index is 843. The van der Waals surface area contributed by atoms with Crippen molar-refractivity contribution in [1.29, 1.82) is 0 Å². The second-order valence-electron chi connectivity index (χ2n) is 7.71. The summed E-state index contributed by atoms with van der Waals surface area (Å²) in [6.07, 6.45) is 1.81. The molecule has 1 fully saturated rings. The van der Waals surface area contributed by atoms with Crippen LogP contribution in [0.1, 0.15) is 47.4 Å². The maximum Gasteiger partial charge on any atom is 0.253 e. The molecule has 29 heavy (non-hydrogen) atoms. The monoisotopic (exact) mass is 414 g/mol. The molecule has 0 spiro atoms. The van der Waals surface area contributed by atoms with Crippen LogP contribution in [0.2, 0.25) is 5.02 Å². The fraction of sp³-hybridized carbons (Fsp3) is 0.391. The summed E-state index contributed by atoms with van der Waals surface area (Å²) < 4.78 is 5.90. The van der Waals surface area contributed by atoms with E-state index in [-0.39, 0.29) is 17.9 Å². The first-order valence-corrected chi connectivity index (χ1v) is 10.4. The normalized spacial score (nSPS) is 14.7. The van der Waals surface area contributed by atoms with Crippen LogP contribution in [0.5, 0.6) is 5.75 Å². The van der Waals surface area contributed by atoms with E-state index in [2.05, 4.69) is 5.32 Å². The molecule has 1 saturated heterocycles. The molecule has 0 aliphatic carbocycles. The SMILES string of the molecule is CC(C)NC(=O)c1ccc(OCC2CCN(C(=O)c3cccc(Cl)c3)CC2)cc1. The molecule has 0 aromatic heterocycles. The number of ether oxygens (including phenoxy) is 1. The highest BCUT2D eigenvalue weighted by Gasteiger charge is 2.24. The molecule has 1 aliphatic heterocycles. The molecule has 0 radical (unpaired) electrons. The number of benzene rings is 2. The Morgan fingerprint density at radius 1 is 1.10 bits per heavy atom. The molecule has 1 heterocycles. The number of halogens is 1. The molecule has 0 bridgehead atoms. The molecule has 0 unspecified atom stereocenters. The van der Waals surface area contributed by atoms with Crippen molar-refractivity contribution in [2.24, 2.45) is 5.92 Å². The lowest BCUT2D eigenvalue weighted by atomic mass is 9.97. The maximum absolute atomic E-state index is 12.6. The average Bonchev–Trinajstić information content (AvgIpc) is 2.72. The molecule has 6 heteroatoms. The fourth-order valence-electron chi connectivity index (χ4n) is 3.37. The molecule has 2 amide bonds. The summed E-state index contributed by atoms with van der Waals surface area (Å²) in [4.78, 5) is 26.5. The molecular weight excluding hydrogens is 388 g/mol. The molecule has 2 aromatic rings. The molecule has 0 atom stereocenters. The number of amides is 2. The smallest absolute Gasteiger partial charge is 0.253 e. The highest BCUT2D eigenvalue weighted by Crippen LogP contribution is 2.22. The predicted octanol–water partition coefficient (Wildman–Crippen LogP) is 4.41. The maximum atomic E-state index is 12.6. The largest absolute Gasteiger partial charge is 0.493 e. The minimum Gasteiger partial charge on any atom is -0.493 e. The second kappa shape index (κ2) is 9.79. The van der Waals surface area contributed by atoms with Gasteiger partial charge in [-0.05, 0) is 75.1 Å². The highest BCUT2D eigenvalue weighted by atomic mass is 35.5. The van der Waals surface area contributed by atoms with Crippen molar-refractivity contribution < 1.29 is 14.3 Å². The van der Waals surface area contributed by atoms with Gasteiger partial charge in [-0.1, -0.05) is 17.7 Å². The molecule has 0 saturated carbocycles. The summed E-state index contributed by atoms with van der Waals surface area (Å²) in [5.74, 6) is 1.11. The van der Waals surface area contributed by atoms with Crippen LogP contribution in [0.15, 0.2) is 48.5 Å². The zero-order valence-electron chi connectivity index (χ0n) is 16.9. The van der Waals surface area contributed by atoms with Crippen molar-refractivity contribution in [3.8, 4) is 5.75 Å². The number of carbonyl (C=O) groups is 2. The number of hydrogen-bond acceptors (Lipinski definition) is 3. The van der Waals surface area contributed by atoms with E-state index in [0.29, 0.717) is 41.8 Å². The number of nitrogens with one attached hydrogen (secondary N) is 1. The summed E-state index contributed by atoms with van der Waals surface area (Å²) in [5, 5.41) is 3.45. The van der Waals surface area contributed by atoms with Crippen molar-refractivity contribution in [3.05, 3.63) is 64.7 Å². The average molecular weight is 415 g/mol. The molecule has 5 nitrogen and oxygen atoms in total. The van der Waals surface area contributed by atoms with Gasteiger partial charge >= 0.3 is 0 Å². The van der Waals surface area contributed by atoms with E-state index in [1.54, 1.807) is 36.4 Å². The van der Waals surface area contributed by atoms with Gasteiger partial charge in [-0.3, -0.25) is 9.59 Å². The van der Waals surface area contributed by atoms with Gasteiger partial charge in [-0.15, -0.1) is 0 Å². The third-order valence-corrected chi connectivity index (χ3v) is 5.23. The standard InChI is InChI=1S/C23H27ClN2O3/c1-16(2)25-22(27)18-6-8-21(9-7-18)29-15-17-10-12-26(13-11-17)23(28)19-4-3-5-20(24)14-19/h3-9,14,16-17H,10-13,15H2,1-2H3,(H,25,27). The van der Waals surface area contributed by atoms with Crippen molar-refractivity contribution in [2.75, 3.05) is 19.7 Å². The second-order valence-corrected chi connectivity index (χ2v) is 8.15. The molecule has 2 aromatic carbocycles. The van der Waals surface area contributed by atoms with E-state index in [1.165, 1.54) is 0 Å². The van der Waals surface area contributed by atoms with Gasteiger partial charge in [-0.2, -0.15) is 0 Å². The first-order valence-electron chi connectivity index (χ1n) is 10.0. The van der Waals surface area contributed by atoms with Gasteiger partial charge in [0.1, 0.15) is 5.75 Å². The van der Waals surface area contributed by atoms with Gasteiger partial charge in [0.15, 0.2) is 0 Å². The lowest BCUT2D eigenvalue weighted by molar-refractivity contribution is 0.0660. The van der Waals surface area contributed by atoms with Crippen molar-refractivity contribution in [1.82, 2.24) is 10.2 Å². The molecule has 154 valence electrons. The number of carbonyl (C=O) groups excluding carboxylic acids is 2. The summed E-state index contributed by atoms with van der Waals surface area (Å²) >= 11 is 5.99. The molecule has 1 aliphatic rings. The van der Waals surface area contributed by atoms with Crippen LogP contribution >= 0.6 is 11.6 Å². The van der Waals surface area contributed by atoms with Gasteiger partial charge in [0.25, 0.3) is 11.8 Å². The van der Waals surface area contributed by atoms with Crippen LogP contribution in [0.4, 0.5) is 0 Å². The molecular formula is C23H27ClN2O3. The lowest BCUT2D eigenvalue weighted by Gasteiger charge is -2.32. The van der Waals surface area contributed by atoms with E-state index in [4.69, 9.17) is 16.3 Å². The van der Waals surface area contributed by atoms with Crippen molar-refractivity contribution in [3.63, 3.8) is 0 Å². The highest BCUT2D eigenvalue weighted by molar-refractivity contribution is 6.30. The summed E-state index contributed by atoms with van der Waals surface area (Å²) in [6.45, 7) is 5.91. The summed E-state index contributed by atoms with van der Waals surface area (Å²) in [6, 6.07) is 14.4. The van der Waals surface area contributed by atoms with E-state index >= 15 is 0 Å². The van der Waals surface area contributed by atoms with Gasteiger partial charge in [-0.25, -0.2) is 0 Å². The van der Waals surface area contributed by atoms with Crippen molar-refractivity contribution in [2.45, 2.75) is 32.7 Å². The van der Waals surface area contributed by atoms with Gasteiger partial charge in [0, 0.05) is 35.3 Å². The fourth-order valence-corrected chi connectivity index (χ4v) is 3.56. The topological polar surface area (TPSA) is 58.6 Å². The molecule has 1 N–H and O–H groups in total. The Morgan fingerprint density at radius 3 is 2.41 bits per heavy atom. The number of rotatable bonds is 6. The Hall–Kier alpha value is -2.53. The Morgan fingerprint density at radius 2 is 1.79 bits per heavy atom. The first kappa shape index (κ1) is 21.2. The molecule has 3 rings (SSSR count). The Balaban J connectivity index is 1.45. The summed E-state index contributed by atoms with van der Waals surface area (Å²) in [7, 11) is 0. The zero-order chi connectivity index (χ0) is 20.8. The zero-order valence-corrected chi connectivity index (χ0v) is 17.6. The number of hydrogen-bond donors (Lipinski definition) is 1. The van der Waals surface area contributed by atoms with E-state index < -0.39 is 0 Å². The van der Waals surface area contributed by atoms with Crippen LogP contribution in [-0.4, -0.2) is 42.5 Å². The van der Waals surface area contributed by atoms with E-state index in [9.17, 15) is 9.59 Å².